The van der Waals surface area contributed by atoms with Gasteiger partial charge in [0.25, 0.3) is 0 Å². The highest BCUT2D eigenvalue weighted by Crippen LogP contribution is 2.35. The topological polar surface area (TPSA) is 47.0 Å². The lowest BCUT2D eigenvalue weighted by Gasteiger charge is -2.14. The zero-order valence-corrected chi connectivity index (χ0v) is 14.3. The Morgan fingerprint density at radius 2 is 1.77 bits per heavy atom. The first kappa shape index (κ1) is 16.5. The summed E-state index contributed by atoms with van der Waals surface area (Å²) in [4.78, 5) is 8.75. The van der Waals surface area contributed by atoms with Crippen molar-refractivity contribution in [2.24, 2.45) is 0 Å². The van der Waals surface area contributed by atoms with Crippen molar-refractivity contribution in [1.29, 1.82) is 0 Å². The monoisotopic (exact) mass is 349 g/mol. The van der Waals surface area contributed by atoms with Gasteiger partial charge in [-0.1, -0.05) is 30.3 Å². The van der Waals surface area contributed by atoms with Crippen LogP contribution in [0, 0.1) is 5.82 Å². The number of nitrogens with zero attached hydrogens (tertiary/aromatic N) is 2. The summed E-state index contributed by atoms with van der Waals surface area (Å²) in [5.74, 6) is 2.08. The normalized spacial score (nSPS) is 19.3. The van der Waals surface area contributed by atoms with Crippen molar-refractivity contribution in [3.63, 3.8) is 0 Å². The van der Waals surface area contributed by atoms with Crippen molar-refractivity contribution in [2.75, 3.05) is 5.32 Å². The second-order valence-corrected chi connectivity index (χ2v) is 6.54. The molecule has 2 unspecified atom stereocenters. The molecule has 0 aliphatic heterocycles. The third-order valence-corrected chi connectivity index (χ3v) is 4.70. The molecule has 5 heteroatoms. The Morgan fingerprint density at radius 1 is 0.962 bits per heavy atom. The van der Waals surface area contributed by atoms with Crippen LogP contribution in [0.25, 0.3) is 0 Å². The molecule has 2 atom stereocenters. The van der Waals surface area contributed by atoms with Crippen LogP contribution >= 0.6 is 0 Å². The van der Waals surface area contributed by atoms with Crippen LogP contribution < -0.4 is 10.1 Å². The highest BCUT2D eigenvalue weighted by atomic mass is 19.1. The number of anilines is 1. The van der Waals surface area contributed by atoms with E-state index in [1.165, 1.54) is 17.7 Å². The van der Waals surface area contributed by atoms with Gasteiger partial charge in [-0.3, -0.25) is 0 Å². The predicted molar refractivity (Wildman–Crippen MR) is 99.0 cm³/mol. The van der Waals surface area contributed by atoms with Crippen LogP contribution in [0.1, 0.15) is 30.7 Å². The number of halogens is 1. The average Bonchev–Trinajstić information content (AvgIpc) is 3.12. The first-order valence-corrected chi connectivity index (χ1v) is 8.84. The number of hydrogen-bond donors (Lipinski definition) is 1. The molecule has 0 amide bonds. The lowest BCUT2D eigenvalue weighted by molar-refractivity contribution is 0.462. The van der Waals surface area contributed by atoms with Crippen molar-refractivity contribution in [2.45, 2.75) is 31.2 Å². The van der Waals surface area contributed by atoms with Gasteiger partial charge in [0.2, 0.25) is 11.8 Å². The van der Waals surface area contributed by atoms with Gasteiger partial charge in [0.15, 0.2) is 0 Å². The quantitative estimate of drug-likeness (QED) is 0.691. The van der Waals surface area contributed by atoms with E-state index in [1.807, 2.05) is 42.5 Å². The summed E-state index contributed by atoms with van der Waals surface area (Å²) >= 11 is 0. The molecule has 4 nitrogen and oxygen atoms in total. The van der Waals surface area contributed by atoms with Crippen LogP contribution in [-0.4, -0.2) is 16.0 Å². The molecule has 26 heavy (non-hydrogen) atoms. The third kappa shape index (κ3) is 3.99. The van der Waals surface area contributed by atoms with E-state index in [1.54, 1.807) is 12.3 Å². The maximum atomic E-state index is 13.1. The maximum Gasteiger partial charge on any atom is 0.226 e. The molecule has 1 N–H and O–H groups in total. The van der Waals surface area contributed by atoms with Crippen molar-refractivity contribution in [3.05, 3.63) is 78.2 Å². The van der Waals surface area contributed by atoms with Crippen molar-refractivity contribution < 1.29 is 9.13 Å². The highest BCUT2D eigenvalue weighted by Gasteiger charge is 2.26. The van der Waals surface area contributed by atoms with Crippen molar-refractivity contribution >= 4 is 5.95 Å². The number of nitrogens with one attached hydrogen (secondary N) is 1. The fourth-order valence-corrected chi connectivity index (χ4v) is 3.41. The Kier molecular flexibility index (Phi) is 4.78. The van der Waals surface area contributed by atoms with Gasteiger partial charge >= 0.3 is 0 Å². The predicted octanol–water partition coefficient (Wildman–Crippen LogP) is 5.16. The molecule has 0 radical (unpaired) electrons. The average molecular weight is 349 g/mol. The molecule has 2 aromatic carbocycles. The molecule has 1 heterocycles. The standard InChI is InChI=1S/C21H20FN3O/c22-17-9-6-15(7-10-17)16-8-11-18(14-16)24-21-23-13-12-20(25-21)26-19-4-2-1-3-5-19/h1-7,9-10,12-13,16,18H,8,11,14H2,(H,23,24,25). The van der Waals surface area contributed by atoms with E-state index in [-0.39, 0.29) is 5.82 Å². The van der Waals surface area contributed by atoms with E-state index in [0.29, 0.717) is 23.8 Å². The van der Waals surface area contributed by atoms with Crippen molar-refractivity contribution in [3.8, 4) is 11.6 Å². The van der Waals surface area contributed by atoms with Gasteiger partial charge in [-0.25, -0.2) is 9.37 Å². The van der Waals surface area contributed by atoms with Gasteiger partial charge in [0.1, 0.15) is 11.6 Å². The number of ether oxygens (including phenoxy) is 1. The molecule has 1 aliphatic carbocycles. The van der Waals surface area contributed by atoms with Gasteiger partial charge in [-0.05, 0) is 55.0 Å². The Bertz CT molecular complexity index is 855. The van der Waals surface area contributed by atoms with Crippen LogP contribution in [0.3, 0.4) is 0 Å². The summed E-state index contributed by atoms with van der Waals surface area (Å²) in [7, 11) is 0. The van der Waals surface area contributed by atoms with Gasteiger partial charge in [0.05, 0.1) is 0 Å². The number of aromatic nitrogens is 2. The van der Waals surface area contributed by atoms with E-state index >= 15 is 0 Å². The molecule has 1 aromatic heterocycles. The van der Waals surface area contributed by atoms with Crippen LogP contribution in [0.2, 0.25) is 0 Å². The minimum Gasteiger partial charge on any atom is -0.439 e. The second-order valence-electron chi connectivity index (χ2n) is 6.54. The SMILES string of the molecule is Fc1ccc(C2CCC(Nc3nccc(Oc4ccccc4)n3)C2)cc1. The minimum absolute atomic E-state index is 0.190. The van der Waals surface area contributed by atoms with Crippen LogP contribution in [0.15, 0.2) is 66.9 Å². The Labute approximate surface area is 152 Å². The summed E-state index contributed by atoms with van der Waals surface area (Å²) < 4.78 is 18.8. The Morgan fingerprint density at radius 3 is 2.58 bits per heavy atom. The second kappa shape index (κ2) is 7.52. The molecule has 0 saturated heterocycles. The summed E-state index contributed by atoms with van der Waals surface area (Å²) in [5.41, 5.74) is 1.19. The fraction of sp³-hybridized carbons (Fsp3) is 0.238. The van der Waals surface area contributed by atoms with Gasteiger partial charge in [0, 0.05) is 18.3 Å². The van der Waals surface area contributed by atoms with Crippen LogP contribution in [-0.2, 0) is 0 Å². The smallest absolute Gasteiger partial charge is 0.226 e. The molecule has 1 fully saturated rings. The van der Waals surface area contributed by atoms with Gasteiger partial charge in [-0.15, -0.1) is 0 Å². The summed E-state index contributed by atoms with van der Waals surface area (Å²) in [6.07, 6.45) is 4.79. The molecule has 1 saturated carbocycles. The Hall–Kier alpha value is -2.95. The molecule has 0 bridgehead atoms. The lowest BCUT2D eigenvalue weighted by Crippen LogP contribution is -2.17. The maximum absolute atomic E-state index is 13.1. The van der Waals surface area contributed by atoms with E-state index < -0.39 is 0 Å². The first-order chi connectivity index (χ1) is 12.8. The van der Waals surface area contributed by atoms with Gasteiger partial charge in [-0.2, -0.15) is 4.98 Å². The first-order valence-electron chi connectivity index (χ1n) is 8.84. The zero-order valence-electron chi connectivity index (χ0n) is 14.3. The number of para-hydroxylation sites is 1. The number of rotatable bonds is 5. The third-order valence-electron chi connectivity index (χ3n) is 4.70. The highest BCUT2D eigenvalue weighted by molar-refractivity contribution is 5.33. The zero-order chi connectivity index (χ0) is 17.8. The fourth-order valence-electron chi connectivity index (χ4n) is 3.41. The summed E-state index contributed by atoms with van der Waals surface area (Å²) in [6.45, 7) is 0. The largest absolute Gasteiger partial charge is 0.439 e. The Balaban J connectivity index is 1.39. The van der Waals surface area contributed by atoms with E-state index in [9.17, 15) is 4.39 Å². The molecule has 1 aliphatic rings. The molecular weight excluding hydrogens is 329 g/mol. The van der Waals surface area contributed by atoms with E-state index in [4.69, 9.17) is 4.74 Å². The molecular formula is C21H20FN3O. The number of benzene rings is 2. The molecule has 4 rings (SSSR count). The molecule has 0 spiro atoms. The summed E-state index contributed by atoms with van der Waals surface area (Å²) in [6, 6.07) is 18.4. The van der Waals surface area contributed by atoms with E-state index in [2.05, 4.69) is 15.3 Å². The van der Waals surface area contributed by atoms with Crippen LogP contribution in [0.4, 0.5) is 10.3 Å². The lowest BCUT2D eigenvalue weighted by atomic mass is 9.97. The molecule has 3 aromatic rings. The summed E-state index contributed by atoms with van der Waals surface area (Å²) in [5, 5.41) is 3.40. The molecule has 132 valence electrons. The van der Waals surface area contributed by atoms with Crippen LogP contribution in [0.5, 0.6) is 11.6 Å². The van der Waals surface area contributed by atoms with E-state index in [0.717, 1.165) is 25.0 Å². The van der Waals surface area contributed by atoms with Crippen molar-refractivity contribution in [1.82, 2.24) is 9.97 Å². The minimum atomic E-state index is -0.190. The van der Waals surface area contributed by atoms with Gasteiger partial charge < -0.3 is 10.1 Å². The number of hydrogen-bond acceptors (Lipinski definition) is 4.